The lowest BCUT2D eigenvalue weighted by Gasteiger charge is -2.10. The molecule has 0 aliphatic heterocycles. The molecule has 8 heteroatoms. The smallest absolute Gasteiger partial charge is 0.320 e. The summed E-state index contributed by atoms with van der Waals surface area (Å²) in [7, 11) is -4.54. The molecule has 0 heterocycles. The van der Waals surface area contributed by atoms with E-state index in [4.69, 9.17) is 20.5 Å². The summed E-state index contributed by atoms with van der Waals surface area (Å²) in [4.78, 5) is 10.00. The van der Waals surface area contributed by atoms with Gasteiger partial charge < -0.3 is 15.9 Å². The molecule has 0 saturated heterocycles. The summed E-state index contributed by atoms with van der Waals surface area (Å²) in [6.45, 7) is 0. The Kier molecular flexibility index (Phi) is 3.71. The van der Waals surface area contributed by atoms with E-state index in [0.29, 0.717) is 0 Å². The summed E-state index contributed by atoms with van der Waals surface area (Å²) in [6.07, 6.45) is -0.273. The Morgan fingerprint density at radius 3 is 2.47 bits per heavy atom. The van der Waals surface area contributed by atoms with Crippen LogP contribution in [-0.2, 0) is 21.3 Å². The third-order valence-corrected chi connectivity index (χ3v) is 3.02. The van der Waals surface area contributed by atoms with E-state index in [2.05, 4.69) is 0 Å². The fourth-order valence-electron chi connectivity index (χ4n) is 1.28. The van der Waals surface area contributed by atoms with Crippen LogP contribution in [-0.4, -0.2) is 35.2 Å². The number of carboxylic acids is 1. The zero-order valence-electron chi connectivity index (χ0n) is 8.57. The zero-order valence-corrected chi connectivity index (χ0v) is 9.38. The molecule has 0 amide bonds. The van der Waals surface area contributed by atoms with Gasteiger partial charge in [-0.3, -0.25) is 9.35 Å². The summed E-state index contributed by atoms with van der Waals surface area (Å²) >= 11 is 0. The van der Waals surface area contributed by atoms with Gasteiger partial charge in [0.1, 0.15) is 16.7 Å². The number of carbonyl (C=O) groups is 1. The van der Waals surface area contributed by atoms with Crippen LogP contribution >= 0.6 is 0 Å². The summed E-state index contributed by atoms with van der Waals surface area (Å²) in [6, 6.07) is 1.92. The molecule has 7 nitrogen and oxygen atoms in total. The topological polar surface area (TPSA) is 138 Å². The molecule has 0 aliphatic carbocycles. The molecule has 0 radical (unpaired) electrons. The van der Waals surface area contributed by atoms with Crippen molar-refractivity contribution in [1.29, 1.82) is 0 Å². The van der Waals surface area contributed by atoms with E-state index in [1.54, 1.807) is 0 Å². The van der Waals surface area contributed by atoms with Crippen molar-refractivity contribution in [2.24, 2.45) is 5.73 Å². The zero-order chi connectivity index (χ0) is 13.2. The van der Waals surface area contributed by atoms with Crippen molar-refractivity contribution in [3.8, 4) is 5.75 Å². The Labute approximate surface area is 97.2 Å². The fraction of sp³-hybridized carbons (Fsp3) is 0.222. The molecule has 1 unspecified atom stereocenters. The van der Waals surface area contributed by atoms with Crippen molar-refractivity contribution in [2.45, 2.75) is 17.4 Å². The van der Waals surface area contributed by atoms with Crippen LogP contribution in [0.5, 0.6) is 5.75 Å². The molecular weight excluding hydrogens is 250 g/mol. The first-order chi connectivity index (χ1) is 7.71. The van der Waals surface area contributed by atoms with Gasteiger partial charge in [-0.1, -0.05) is 6.07 Å². The molecule has 0 spiro atoms. The van der Waals surface area contributed by atoms with Crippen molar-refractivity contribution in [3.63, 3.8) is 0 Å². The second kappa shape index (κ2) is 4.70. The predicted molar refractivity (Wildman–Crippen MR) is 57.2 cm³/mol. The molecular formula is C9H11NO6S. The van der Waals surface area contributed by atoms with E-state index in [9.17, 15) is 13.2 Å². The van der Waals surface area contributed by atoms with Crippen LogP contribution in [0.4, 0.5) is 0 Å². The number of phenols is 1. The van der Waals surface area contributed by atoms with Crippen LogP contribution in [0, 0.1) is 0 Å². The average molecular weight is 261 g/mol. The highest BCUT2D eigenvalue weighted by atomic mass is 32.2. The van der Waals surface area contributed by atoms with Gasteiger partial charge in [-0.25, -0.2) is 0 Å². The molecule has 5 N–H and O–H groups in total. The van der Waals surface area contributed by atoms with Crippen molar-refractivity contribution in [1.82, 2.24) is 0 Å². The Balaban J connectivity index is 3.21. The molecule has 94 valence electrons. The Bertz CT molecular complexity index is 538. The minimum Gasteiger partial charge on any atom is -0.508 e. The first kappa shape index (κ1) is 13.4. The molecule has 1 rings (SSSR count). The third-order valence-electron chi connectivity index (χ3n) is 2.09. The lowest BCUT2D eigenvalue weighted by molar-refractivity contribution is -0.138. The summed E-state index contributed by atoms with van der Waals surface area (Å²) in [5.74, 6) is -1.65. The van der Waals surface area contributed by atoms with Gasteiger partial charge in [-0.05, 0) is 18.1 Å². The van der Waals surface area contributed by atoms with Crippen molar-refractivity contribution in [2.75, 3.05) is 0 Å². The minimum atomic E-state index is -4.54. The van der Waals surface area contributed by atoms with Crippen LogP contribution < -0.4 is 5.73 Å². The molecule has 17 heavy (non-hydrogen) atoms. The monoisotopic (exact) mass is 261 g/mol. The van der Waals surface area contributed by atoms with Gasteiger partial charge in [0.2, 0.25) is 0 Å². The average Bonchev–Trinajstić information content (AvgIpc) is 2.18. The van der Waals surface area contributed by atoms with Crippen molar-refractivity contribution < 1.29 is 28.0 Å². The summed E-state index contributed by atoms with van der Waals surface area (Å²) in [5, 5.41) is 17.7. The SMILES string of the molecule is NC(Cc1ccc(O)cc1S(=O)(=O)O)C(=O)O. The van der Waals surface area contributed by atoms with E-state index in [-0.39, 0.29) is 17.7 Å². The number of benzene rings is 1. The number of rotatable bonds is 4. The van der Waals surface area contributed by atoms with Gasteiger partial charge >= 0.3 is 5.97 Å². The molecule has 1 atom stereocenters. The van der Waals surface area contributed by atoms with E-state index in [1.165, 1.54) is 12.1 Å². The molecule has 1 aromatic carbocycles. The van der Waals surface area contributed by atoms with Crippen LogP contribution in [0.1, 0.15) is 5.56 Å². The van der Waals surface area contributed by atoms with Crippen LogP contribution in [0.2, 0.25) is 0 Å². The lowest BCUT2D eigenvalue weighted by atomic mass is 10.1. The number of hydrogen-bond acceptors (Lipinski definition) is 5. The first-order valence-electron chi connectivity index (χ1n) is 4.49. The minimum absolute atomic E-state index is 0.0280. The van der Waals surface area contributed by atoms with Crippen LogP contribution in [0.3, 0.4) is 0 Å². The van der Waals surface area contributed by atoms with Gasteiger partial charge in [-0.15, -0.1) is 0 Å². The summed E-state index contributed by atoms with van der Waals surface area (Å²) in [5.41, 5.74) is 5.29. The maximum atomic E-state index is 11.0. The van der Waals surface area contributed by atoms with Crippen molar-refractivity contribution in [3.05, 3.63) is 23.8 Å². The highest BCUT2D eigenvalue weighted by Gasteiger charge is 2.20. The number of nitrogens with two attached hydrogens (primary N) is 1. The van der Waals surface area contributed by atoms with E-state index in [1.807, 2.05) is 0 Å². The number of hydrogen-bond donors (Lipinski definition) is 4. The molecule has 1 aromatic rings. The van der Waals surface area contributed by atoms with E-state index >= 15 is 0 Å². The highest BCUT2D eigenvalue weighted by molar-refractivity contribution is 7.85. The Morgan fingerprint density at radius 1 is 1.41 bits per heavy atom. The van der Waals surface area contributed by atoms with E-state index < -0.39 is 27.0 Å². The van der Waals surface area contributed by atoms with Gasteiger partial charge in [0.05, 0.1) is 0 Å². The second-order valence-corrected chi connectivity index (χ2v) is 4.81. The molecule has 0 aliphatic rings. The quantitative estimate of drug-likeness (QED) is 0.540. The lowest BCUT2D eigenvalue weighted by Crippen LogP contribution is -2.32. The maximum Gasteiger partial charge on any atom is 0.320 e. The second-order valence-electron chi connectivity index (χ2n) is 3.42. The van der Waals surface area contributed by atoms with Gasteiger partial charge in [0.15, 0.2) is 0 Å². The Morgan fingerprint density at radius 2 is 2.00 bits per heavy atom. The Hall–Kier alpha value is -1.64. The van der Waals surface area contributed by atoms with Crippen molar-refractivity contribution >= 4 is 16.1 Å². The summed E-state index contributed by atoms with van der Waals surface area (Å²) < 4.78 is 30.9. The fourth-order valence-corrected chi connectivity index (χ4v) is 2.03. The molecule has 0 saturated carbocycles. The largest absolute Gasteiger partial charge is 0.508 e. The van der Waals surface area contributed by atoms with E-state index in [0.717, 1.165) is 6.07 Å². The van der Waals surface area contributed by atoms with Crippen LogP contribution in [0.15, 0.2) is 23.1 Å². The first-order valence-corrected chi connectivity index (χ1v) is 5.93. The number of aromatic hydroxyl groups is 1. The number of carboxylic acid groups (broad SMARTS) is 1. The van der Waals surface area contributed by atoms with Gasteiger partial charge in [-0.2, -0.15) is 8.42 Å². The highest BCUT2D eigenvalue weighted by Crippen LogP contribution is 2.22. The number of phenolic OH excluding ortho intramolecular Hbond substituents is 1. The molecule has 0 bridgehead atoms. The standard InChI is InChI=1S/C9H11NO6S/c10-7(9(12)13)3-5-1-2-6(11)4-8(5)17(14,15)16/h1-2,4,7,11H,3,10H2,(H,12,13)(H,14,15,16). The predicted octanol–water partition coefficient (Wildman–Crippen LogP) is -0.407. The van der Waals surface area contributed by atoms with Crippen LogP contribution in [0.25, 0.3) is 0 Å². The normalized spacial score (nSPS) is 13.3. The molecule has 0 fully saturated rings. The maximum absolute atomic E-state index is 11.0. The molecule has 0 aromatic heterocycles. The third kappa shape index (κ3) is 3.41. The van der Waals surface area contributed by atoms with Gasteiger partial charge in [0, 0.05) is 6.07 Å². The number of aliphatic carboxylic acids is 1. The van der Waals surface area contributed by atoms with Gasteiger partial charge in [0.25, 0.3) is 10.1 Å².